The Bertz CT molecular complexity index is 1370. The highest BCUT2D eigenvalue weighted by Crippen LogP contribution is 2.41. The Morgan fingerprint density at radius 2 is 1.60 bits per heavy atom. The summed E-state index contributed by atoms with van der Waals surface area (Å²) in [6.07, 6.45) is 0. The molecule has 3 aromatic carbocycles. The van der Waals surface area contributed by atoms with Crippen molar-refractivity contribution in [2.45, 2.75) is 0 Å². The Labute approximate surface area is 175 Å². The molecule has 0 aliphatic rings. The number of aromatic nitrogens is 1. The van der Waals surface area contributed by atoms with Crippen LogP contribution in [-0.2, 0) is 0 Å². The molecule has 0 atom stereocenters. The predicted octanol–water partition coefficient (Wildman–Crippen LogP) is 5.87. The normalized spacial score (nSPS) is 11.1. The maximum Gasteiger partial charge on any atom is 0.309 e. The highest BCUT2D eigenvalue weighted by Gasteiger charge is 2.21. The standard InChI is InChI=1S/C24H15NO4S/c26-17-10-11-18-20(12-17)30-24(23(28)16-4-2-1-3-5-16)22(18)15-8-6-14(7-9-15)19-13-21(27)29-25-19/h1-13,26-27H. The molecule has 146 valence electrons. The minimum absolute atomic E-state index is 0.0585. The molecule has 0 aliphatic heterocycles. The molecule has 2 heterocycles. The van der Waals surface area contributed by atoms with Crippen LogP contribution in [0.2, 0.25) is 0 Å². The van der Waals surface area contributed by atoms with Gasteiger partial charge >= 0.3 is 5.95 Å². The Balaban J connectivity index is 1.66. The molecule has 5 nitrogen and oxygen atoms in total. The molecule has 0 unspecified atom stereocenters. The molecule has 5 aromatic rings. The zero-order valence-corrected chi connectivity index (χ0v) is 16.4. The van der Waals surface area contributed by atoms with Gasteiger partial charge in [0.05, 0.1) is 10.9 Å². The fourth-order valence-electron chi connectivity index (χ4n) is 3.46. The van der Waals surface area contributed by atoms with E-state index in [1.54, 1.807) is 24.3 Å². The minimum Gasteiger partial charge on any atom is -0.508 e. The summed E-state index contributed by atoms with van der Waals surface area (Å²) in [5.74, 6) is -0.138. The Morgan fingerprint density at radius 3 is 2.30 bits per heavy atom. The van der Waals surface area contributed by atoms with Crippen LogP contribution in [0.1, 0.15) is 15.2 Å². The summed E-state index contributed by atoms with van der Waals surface area (Å²) in [6, 6.07) is 23.3. The van der Waals surface area contributed by atoms with Crippen molar-refractivity contribution in [3.05, 3.63) is 89.3 Å². The summed E-state index contributed by atoms with van der Waals surface area (Å²) in [4.78, 5) is 13.9. The highest BCUT2D eigenvalue weighted by molar-refractivity contribution is 7.21. The lowest BCUT2D eigenvalue weighted by atomic mass is 9.97. The summed E-state index contributed by atoms with van der Waals surface area (Å²) in [5, 5.41) is 24.0. The van der Waals surface area contributed by atoms with Gasteiger partial charge in [-0.2, -0.15) is 0 Å². The van der Waals surface area contributed by atoms with E-state index in [4.69, 9.17) is 4.52 Å². The Kier molecular flexibility index (Phi) is 4.34. The number of phenols is 1. The number of benzene rings is 3. The van der Waals surface area contributed by atoms with Crippen molar-refractivity contribution < 1.29 is 19.5 Å². The zero-order valence-electron chi connectivity index (χ0n) is 15.6. The molecule has 0 fully saturated rings. The van der Waals surface area contributed by atoms with Crippen molar-refractivity contribution in [2.24, 2.45) is 0 Å². The van der Waals surface area contributed by atoms with Gasteiger partial charge in [0.1, 0.15) is 11.4 Å². The monoisotopic (exact) mass is 413 g/mol. The number of rotatable bonds is 4. The first-order valence-corrected chi connectivity index (χ1v) is 10.0. The lowest BCUT2D eigenvalue weighted by Gasteiger charge is -2.06. The largest absolute Gasteiger partial charge is 0.508 e. The van der Waals surface area contributed by atoms with Crippen molar-refractivity contribution in [1.29, 1.82) is 0 Å². The van der Waals surface area contributed by atoms with E-state index < -0.39 is 0 Å². The summed E-state index contributed by atoms with van der Waals surface area (Å²) >= 11 is 1.37. The van der Waals surface area contributed by atoms with Crippen LogP contribution in [0.25, 0.3) is 32.5 Å². The number of thiophene rings is 1. The zero-order chi connectivity index (χ0) is 20.7. The van der Waals surface area contributed by atoms with Crippen LogP contribution in [0.4, 0.5) is 0 Å². The number of carbonyl (C=O) groups excluding carboxylic acids is 1. The molecule has 2 aromatic heterocycles. The highest BCUT2D eigenvalue weighted by atomic mass is 32.1. The molecule has 0 saturated carbocycles. The molecule has 0 saturated heterocycles. The van der Waals surface area contributed by atoms with Gasteiger partial charge in [-0.3, -0.25) is 4.79 Å². The summed E-state index contributed by atoms with van der Waals surface area (Å²) in [6.45, 7) is 0. The molecule has 0 aliphatic carbocycles. The van der Waals surface area contributed by atoms with E-state index in [1.807, 2.05) is 48.5 Å². The molecule has 2 N–H and O–H groups in total. The molecule has 6 heteroatoms. The van der Waals surface area contributed by atoms with Gasteiger partial charge in [0.2, 0.25) is 5.78 Å². The fraction of sp³-hybridized carbons (Fsp3) is 0. The number of phenolic OH excluding ortho intramolecular Hbond substituents is 1. The van der Waals surface area contributed by atoms with Crippen LogP contribution in [-0.4, -0.2) is 21.2 Å². The van der Waals surface area contributed by atoms with Gasteiger partial charge in [0.15, 0.2) is 0 Å². The van der Waals surface area contributed by atoms with Gasteiger partial charge in [-0.25, -0.2) is 0 Å². The average Bonchev–Trinajstić information content (AvgIpc) is 3.37. The van der Waals surface area contributed by atoms with Gasteiger partial charge in [0, 0.05) is 26.8 Å². The van der Waals surface area contributed by atoms with Crippen molar-refractivity contribution >= 4 is 27.2 Å². The Morgan fingerprint density at radius 1 is 0.867 bits per heavy atom. The van der Waals surface area contributed by atoms with E-state index >= 15 is 0 Å². The van der Waals surface area contributed by atoms with Crippen LogP contribution in [0.5, 0.6) is 11.7 Å². The summed E-state index contributed by atoms with van der Waals surface area (Å²) < 4.78 is 5.57. The SMILES string of the molecule is O=C(c1ccccc1)c1sc2cc(O)ccc2c1-c1ccc(-c2cc(O)on2)cc1. The third-order valence-corrected chi connectivity index (χ3v) is 6.03. The van der Waals surface area contributed by atoms with E-state index in [2.05, 4.69) is 5.16 Å². The average molecular weight is 413 g/mol. The van der Waals surface area contributed by atoms with E-state index in [1.165, 1.54) is 17.4 Å². The van der Waals surface area contributed by atoms with Gasteiger partial charge in [-0.1, -0.05) is 59.8 Å². The number of nitrogens with zero attached hydrogens (tertiary/aromatic N) is 1. The number of hydrogen-bond donors (Lipinski definition) is 2. The van der Waals surface area contributed by atoms with Crippen LogP contribution in [0, 0.1) is 0 Å². The molecule has 0 radical (unpaired) electrons. The second kappa shape index (κ2) is 7.17. The van der Waals surface area contributed by atoms with Gasteiger partial charge in [0.25, 0.3) is 0 Å². The quantitative estimate of drug-likeness (QED) is 0.360. The minimum atomic E-state index is -0.242. The molecule has 5 rings (SSSR count). The Hall–Kier alpha value is -3.90. The first kappa shape index (κ1) is 18.1. The van der Waals surface area contributed by atoms with E-state index in [-0.39, 0.29) is 17.5 Å². The third-order valence-electron chi connectivity index (χ3n) is 4.88. The van der Waals surface area contributed by atoms with E-state index in [0.29, 0.717) is 16.1 Å². The number of carbonyl (C=O) groups is 1. The third kappa shape index (κ3) is 3.13. The maximum absolute atomic E-state index is 13.3. The van der Waals surface area contributed by atoms with E-state index in [9.17, 15) is 15.0 Å². The topological polar surface area (TPSA) is 83.6 Å². The summed E-state index contributed by atoms with van der Waals surface area (Å²) in [5.41, 5.74) is 3.64. The van der Waals surface area contributed by atoms with Gasteiger partial charge in [-0.15, -0.1) is 11.3 Å². The number of ketones is 1. The first-order chi connectivity index (χ1) is 14.6. The van der Waals surface area contributed by atoms with Crippen LogP contribution in [0.3, 0.4) is 0 Å². The maximum atomic E-state index is 13.3. The van der Waals surface area contributed by atoms with E-state index in [0.717, 1.165) is 26.8 Å². The molecule has 0 bridgehead atoms. The summed E-state index contributed by atoms with van der Waals surface area (Å²) in [7, 11) is 0. The fourth-order valence-corrected chi connectivity index (χ4v) is 4.68. The van der Waals surface area contributed by atoms with Crippen LogP contribution < -0.4 is 0 Å². The van der Waals surface area contributed by atoms with Gasteiger partial charge in [-0.05, 0) is 23.8 Å². The molecule has 0 spiro atoms. The van der Waals surface area contributed by atoms with Gasteiger partial charge < -0.3 is 14.7 Å². The lowest BCUT2D eigenvalue weighted by Crippen LogP contribution is -2.00. The van der Waals surface area contributed by atoms with Crippen molar-refractivity contribution in [2.75, 3.05) is 0 Å². The van der Waals surface area contributed by atoms with Crippen molar-refractivity contribution in [1.82, 2.24) is 5.16 Å². The number of fused-ring (bicyclic) bond motifs is 1. The van der Waals surface area contributed by atoms with Crippen LogP contribution >= 0.6 is 11.3 Å². The lowest BCUT2D eigenvalue weighted by molar-refractivity contribution is 0.104. The molecular weight excluding hydrogens is 398 g/mol. The number of aromatic hydroxyl groups is 2. The second-order valence-corrected chi connectivity index (χ2v) is 7.86. The predicted molar refractivity (Wildman–Crippen MR) is 116 cm³/mol. The molecule has 30 heavy (non-hydrogen) atoms. The second-order valence-electron chi connectivity index (χ2n) is 6.81. The van der Waals surface area contributed by atoms with Crippen molar-refractivity contribution in [3.8, 4) is 34.1 Å². The first-order valence-electron chi connectivity index (χ1n) is 9.22. The van der Waals surface area contributed by atoms with Crippen molar-refractivity contribution in [3.63, 3.8) is 0 Å². The number of hydrogen-bond acceptors (Lipinski definition) is 6. The van der Waals surface area contributed by atoms with Crippen LogP contribution in [0.15, 0.2) is 83.4 Å². The smallest absolute Gasteiger partial charge is 0.309 e. The molecular formula is C24H15NO4S. The molecule has 0 amide bonds.